The summed E-state index contributed by atoms with van der Waals surface area (Å²) in [7, 11) is 1.55. The highest BCUT2D eigenvalue weighted by Crippen LogP contribution is 2.36. The van der Waals surface area contributed by atoms with Crippen molar-refractivity contribution in [2.24, 2.45) is 5.10 Å². The zero-order valence-electron chi connectivity index (χ0n) is 20.2. The third-order valence-corrected chi connectivity index (χ3v) is 7.98. The summed E-state index contributed by atoms with van der Waals surface area (Å²) in [4.78, 5) is 21.3. The topological polar surface area (TPSA) is 76.5 Å². The van der Waals surface area contributed by atoms with Crippen LogP contribution < -0.4 is 10.2 Å². The average Bonchev–Trinajstić information content (AvgIpc) is 3.22. The Hall–Kier alpha value is -3.08. The van der Waals surface area contributed by atoms with Crippen LogP contribution in [0.5, 0.6) is 5.75 Å². The van der Waals surface area contributed by atoms with Gasteiger partial charge < -0.3 is 4.74 Å². The maximum Gasteiger partial charge on any atom is 0.283 e. The molecular formula is C26H23ClF2N4O2S2. The minimum atomic E-state index is -2.67. The van der Waals surface area contributed by atoms with Gasteiger partial charge in [0.25, 0.3) is 12.3 Å². The Balaban J connectivity index is 1.46. The number of fused-ring (bicyclic) bond motifs is 1. The standard InChI is InChI=1S/C26H23ClF2N4O2S2/c1-4-15-5-7-18-21(11-15)37-23(22(18)27)25(34)33-30-12-16-6-8-20(35-3)17(10-16)13-36-26-31-14(2)9-19(32-26)24(28)29/h5-12,24H,4,13H2,1-3H3,(H,33,34). The first-order valence-corrected chi connectivity index (χ1v) is 13.4. The second-order valence-corrected chi connectivity index (χ2v) is 10.4. The first-order chi connectivity index (χ1) is 17.8. The molecule has 4 aromatic rings. The Morgan fingerprint density at radius 2 is 2.05 bits per heavy atom. The van der Waals surface area contributed by atoms with Crippen molar-refractivity contribution in [2.75, 3.05) is 7.11 Å². The molecule has 1 amide bonds. The molecule has 0 unspecified atom stereocenters. The minimum absolute atomic E-state index is 0.259. The predicted molar refractivity (Wildman–Crippen MR) is 146 cm³/mol. The van der Waals surface area contributed by atoms with Gasteiger partial charge in [-0.2, -0.15) is 5.10 Å². The third-order valence-electron chi connectivity index (χ3n) is 5.43. The van der Waals surface area contributed by atoms with Gasteiger partial charge in [0.05, 0.1) is 18.3 Å². The Morgan fingerprint density at radius 3 is 2.78 bits per heavy atom. The fourth-order valence-corrected chi connectivity index (χ4v) is 5.93. The number of nitrogens with zero attached hydrogens (tertiary/aromatic N) is 3. The van der Waals surface area contributed by atoms with Gasteiger partial charge in [0, 0.05) is 27.1 Å². The van der Waals surface area contributed by atoms with Crippen molar-refractivity contribution in [3.8, 4) is 5.75 Å². The highest BCUT2D eigenvalue weighted by molar-refractivity contribution is 7.98. The van der Waals surface area contributed by atoms with Crippen molar-refractivity contribution in [1.29, 1.82) is 0 Å². The van der Waals surface area contributed by atoms with E-state index in [1.54, 1.807) is 26.2 Å². The number of methoxy groups -OCH3 is 1. The summed E-state index contributed by atoms with van der Waals surface area (Å²) < 4.78 is 32.5. The molecule has 0 spiro atoms. The zero-order valence-corrected chi connectivity index (χ0v) is 22.6. The Kier molecular flexibility index (Phi) is 8.73. The van der Waals surface area contributed by atoms with Crippen molar-refractivity contribution in [1.82, 2.24) is 15.4 Å². The van der Waals surface area contributed by atoms with Crippen molar-refractivity contribution >= 4 is 56.9 Å². The number of halogens is 3. The number of hydrogen-bond acceptors (Lipinski definition) is 7. The number of benzene rings is 2. The van der Waals surface area contributed by atoms with E-state index < -0.39 is 12.3 Å². The number of nitrogens with one attached hydrogen (secondary N) is 1. The second-order valence-electron chi connectivity index (χ2n) is 8.01. The average molecular weight is 561 g/mol. The van der Waals surface area contributed by atoms with Crippen LogP contribution in [0.25, 0.3) is 10.1 Å². The van der Waals surface area contributed by atoms with Crippen LogP contribution in [0.3, 0.4) is 0 Å². The smallest absolute Gasteiger partial charge is 0.283 e. The molecule has 6 nitrogen and oxygen atoms in total. The van der Waals surface area contributed by atoms with Gasteiger partial charge in [-0.05, 0) is 54.8 Å². The van der Waals surface area contributed by atoms with Crippen LogP contribution in [0.15, 0.2) is 52.7 Å². The number of hydrogen-bond donors (Lipinski definition) is 1. The molecule has 192 valence electrons. The summed E-state index contributed by atoms with van der Waals surface area (Å²) >= 11 is 9.00. The molecule has 0 aliphatic rings. The molecule has 0 bridgehead atoms. The molecule has 11 heteroatoms. The first-order valence-electron chi connectivity index (χ1n) is 11.3. The van der Waals surface area contributed by atoms with E-state index in [1.807, 2.05) is 24.3 Å². The van der Waals surface area contributed by atoms with Crippen LogP contribution >= 0.6 is 34.7 Å². The van der Waals surface area contributed by atoms with E-state index in [-0.39, 0.29) is 10.9 Å². The monoisotopic (exact) mass is 560 g/mol. The molecule has 2 aromatic heterocycles. The number of alkyl halides is 2. The molecule has 0 atom stereocenters. The van der Waals surface area contributed by atoms with E-state index in [0.717, 1.165) is 22.1 Å². The first kappa shape index (κ1) is 27.0. The van der Waals surface area contributed by atoms with Crippen LogP contribution in [0.2, 0.25) is 5.02 Å². The summed E-state index contributed by atoms with van der Waals surface area (Å²) in [6.45, 7) is 3.72. The Labute approximate surface area is 226 Å². The highest BCUT2D eigenvalue weighted by atomic mass is 35.5. The number of amides is 1. The van der Waals surface area contributed by atoms with E-state index in [0.29, 0.717) is 32.7 Å². The molecule has 37 heavy (non-hydrogen) atoms. The lowest BCUT2D eigenvalue weighted by molar-refractivity contribution is 0.0959. The maximum atomic E-state index is 13.1. The summed E-state index contributed by atoms with van der Waals surface area (Å²) in [5, 5.41) is 5.60. The quantitative estimate of drug-likeness (QED) is 0.101. The molecule has 4 rings (SSSR count). The van der Waals surface area contributed by atoms with E-state index in [2.05, 4.69) is 27.4 Å². The molecule has 2 heterocycles. The zero-order chi connectivity index (χ0) is 26.5. The van der Waals surface area contributed by atoms with Crippen molar-refractivity contribution < 1.29 is 18.3 Å². The Bertz CT molecular complexity index is 1480. The van der Waals surface area contributed by atoms with Crippen molar-refractivity contribution in [2.45, 2.75) is 37.6 Å². The maximum absolute atomic E-state index is 13.1. The van der Waals surface area contributed by atoms with Gasteiger partial charge in [-0.3, -0.25) is 4.79 Å². The number of thioether (sulfide) groups is 1. The number of thiophene rings is 1. The molecule has 0 saturated carbocycles. The lowest BCUT2D eigenvalue weighted by Gasteiger charge is -2.10. The van der Waals surface area contributed by atoms with Gasteiger partial charge in [-0.15, -0.1) is 11.3 Å². The van der Waals surface area contributed by atoms with Crippen LogP contribution in [0.1, 0.15) is 51.1 Å². The van der Waals surface area contributed by atoms with Crippen LogP contribution in [0, 0.1) is 6.92 Å². The SMILES string of the molecule is CCc1ccc2c(Cl)c(C(=O)NN=Cc3ccc(OC)c(CSc4nc(C)cc(C(F)F)n4)c3)sc2c1. The summed E-state index contributed by atoms with van der Waals surface area (Å²) in [5.41, 5.74) is 5.39. The van der Waals surface area contributed by atoms with Gasteiger partial charge in [0.1, 0.15) is 16.3 Å². The number of ether oxygens (including phenoxy) is 1. The lowest BCUT2D eigenvalue weighted by Crippen LogP contribution is -2.16. The summed E-state index contributed by atoms with van der Waals surface area (Å²) in [6, 6.07) is 12.6. The molecule has 0 aliphatic carbocycles. The summed E-state index contributed by atoms with van der Waals surface area (Å²) in [5.74, 6) is 0.621. The van der Waals surface area contributed by atoms with Gasteiger partial charge in [-0.1, -0.05) is 42.4 Å². The molecule has 0 radical (unpaired) electrons. The predicted octanol–water partition coefficient (Wildman–Crippen LogP) is 7.22. The number of aromatic nitrogens is 2. The van der Waals surface area contributed by atoms with Crippen LogP contribution in [-0.4, -0.2) is 29.2 Å². The van der Waals surface area contributed by atoms with E-state index in [9.17, 15) is 13.6 Å². The van der Waals surface area contributed by atoms with E-state index in [4.69, 9.17) is 16.3 Å². The van der Waals surface area contributed by atoms with Gasteiger partial charge in [0.2, 0.25) is 0 Å². The second kappa shape index (κ2) is 12.0. The normalized spacial score (nSPS) is 11.5. The number of hydrazone groups is 1. The fourth-order valence-electron chi connectivity index (χ4n) is 3.57. The van der Waals surface area contributed by atoms with Crippen LogP contribution in [0.4, 0.5) is 8.78 Å². The largest absolute Gasteiger partial charge is 0.496 e. The molecule has 0 aliphatic heterocycles. The van der Waals surface area contributed by atoms with Crippen molar-refractivity contribution in [3.63, 3.8) is 0 Å². The molecule has 1 N–H and O–H groups in total. The van der Waals surface area contributed by atoms with E-state index >= 15 is 0 Å². The number of aryl methyl sites for hydroxylation is 2. The molecular weight excluding hydrogens is 538 g/mol. The fraction of sp³-hybridized carbons (Fsp3) is 0.231. The van der Waals surface area contributed by atoms with Gasteiger partial charge in [0.15, 0.2) is 5.16 Å². The molecule has 0 saturated heterocycles. The summed E-state index contributed by atoms with van der Waals surface area (Å²) in [6.07, 6.45) is -0.254. The lowest BCUT2D eigenvalue weighted by atomic mass is 10.1. The Morgan fingerprint density at radius 1 is 1.24 bits per heavy atom. The van der Waals surface area contributed by atoms with Crippen LogP contribution in [-0.2, 0) is 12.2 Å². The van der Waals surface area contributed by atoms with Gasteiger partial charge >= 0.3 is 0 Å². The van der Waals surface area contributed by atoms with Crippen molar-refractivity contribution in [3.05, 3.63) is 80.4 Å². The number of carbonyl (C=O) groups excluding carboxylic acids is 1. The minimum Gasteiger partial charge on any atom is -0.496 e. The van der Waals surface area contributed by atoms with E-state index in [1.165, 1.54) is 40.9 Å². The number of carbonyl (C=O) groups is 1. The van der Waals surface area contributed by atoms with Gasteiger partial charge in [-0.25, -0.2) is 24.2 Å². The third kappa shape index (κ3) is 6.44. The molecule has 2 aromatic carbocycles. The highest BCUT2D eigenvalue weighted by Gasteiger charge is 2.17. The number of rotatable bonds is 9. The molecule has 0 fully saturated rings.